The van der Waals surface area contributed by atoms with Gasteiger partial charge in [0.1, 0.15) is 5.15 Å². The Morgan fingerprint density at radius 2 is 2.18 bits per heavy atom. The van der Waals surface area contributed by atoms with Crippen LogP contribution in [0, 0.1) is 0 Å². The monoisotopic (exact) mass is 320 g/mol. The second-order valence-corrected chi connectivity index (χ2v) is 5.17. The van der Waals surface area contributed by atoms with E-state index in [9.17, 15) is 0 Å². The predicted octanol–water partition coefficient (Wildman–Crippen LogP) is 1.73. The van der Waals surface area contributed by atoms with Crippen molar-refractivity contribution in [1.29, 1.82) is 0 Å². The van der Waals surface area contributed by atoms with Crippen LogP contribution in [0.5, 0.6) is 0 Å². The molecule has 0 radical (unpaired) electrons. The minimum atomic E-state index is 0.520. The number of aryl methyl sites for hydroxylation is 1. The summed E-state index contributed by atoms with van der Waals surface area (Å²) in [6.45, 7) is 2.54. The summed E-state index contributed by atoms with van der Waals surface area (Å²) < 4.78 is 1.92. The lowest BCUT2D eigenvalue weighted by molar-refractivity contribution is 0.570. The van der Waals surface area contributed by atoms with Gasteiger partial charge in [-0.15, -0.1) is 0 Å². The van der Waals surface area contributed by atoms with E-state index in [2.05, 4.69) is 25.7 Å². The standard InChI is InChI=1S/C15H21ClN6/c1-17-15(18-7-2-10-22-11-3-8-21-22)19-9-6-13-4-5-14(16)20-12-13/h3-5,8,11-12H,2,6-7,9-10H2,1H3,(H2,17,18,19). The zero-order valence-corrected chi connectivity index (χ0v) is 13.4. The fourth-order valence-corrected chi connectivity index (χ4v) is 2.09. The lowest BCUT2D eigenvalue weighted by Gasteiger charge is -2.11. The first kappa shape index (κ1) is 16.3. The number of pyridine rings is 1. The van der Waals surface area contributed by atoms with Crippen molar-refractivity contribution in [2.24, 2.45) is 4.99 Å². The Balaban J connectivity index is 1.61. The van der Waals surface area contributed by atoms with Gasteiger partial charge < -0.3 is 10.6 Å². The molecule has 0 aliphatic heterocycles. The van der Waals surface area contributed by atoms with Gasteiger partial charge in [-0.2, -0.15) is 5.10 Å². The highest BCUT2D eigenvalue weighted by Gasteiger charge is 1.99. The molecule has 0 amide bonds. The third kappa shape index (κ3) is 5.73. The van der Waals surface area contributed by atoms with Crippen molar-refractivity contribution >= 4 is 17.6 Å². The Morgan fingerprint density at radius 3 is 2.86 bits per heavy atom. The van der Waals surface area contributed by atoms with Crippen molar-refractivity contribution in [3.63, 3.8) is 0 Å². The molecule has 0 aromatic carbocycles. The summed E-state index contributed by atoms with van der Waals surface area (Å²) in [6, 6.07) is 5.72. The molecule has 7 heteroatoms. The first-order valence-corrected chi connectivity index (χ1v) is 7.68. The van der Waals surface area contributed by atoms with E-state index in [0.29, 0.717) is 5.15 Å². The predicted molar refractivity (Wildman–Crippen MR) is 89.2 cm³/mol. The average molecular weight is 321 g/mol. The van der Waals surface area contributed by atoms with Crippen molar-refractivity contribution in [3.05, 3.63) is 47.5 Å². The molecule has 0 saturated carbocycles. The van der Waals surface area contributed by atoms with Crippen LogP contribution in [0.15, 0.2) is 41.8 Å². The van der Waals surface area contributed by atoms with Crippen LogP contribution in [-0.2, 0) is 13.0 Å². The maximum atomic E-state index is 5.76. The van der Waals surface area contributed by atoms with Crippen molar-refractivity contribution in [3.8, 4) is 0 Å². The van der Waals surface area contributed by atoms with Crippen LogP contribution < -0.4 is 10.6 Å². The molecule has 0 spiro atoms. The number of nitrogens with one attached hydrogen (secondary N) is 2. The van der Waals surface area contributed by atoms with Gasteiger partial charge in [-0.3, -0.25) is 9.67 Å². The number of hydrogen-bond donors (Lipinski definition) is 2. The second kappa shape index (κ2) is 9.04. The molecule has 2 rings (SSSR count). The third-order valence-corrected chi connectivity index (χ3v) is 3.36. The number of aromatic nitrogens is 3. The van der Waals surface area contributed by atoms with E-state index in [0.717, 1.165) is 44.0 Å². The third-order valence-electron chi connectivity index (χ3n) is 3.13. The van der Waals surface area contributed by atoms with Gasteiger partial charge in [0.2, 0.25) is 0 Å². The Bertz CT molecular complexity index is 564. The molecule has 2 aromatic heterocycles. The van der Waals surface area contributed by atoms with Crippen molar-refractivity contribution in [2.75, 3.05) is 20.1 Å². The number of halogens is 1. The van der Waals surface area contributed by atoms with Gasteiger partial charge >= 0.3 is 0 Å². The number of nitrogens with zero attached hydrogens (tertiary/aromatic N) is 4. The number of guanidine groups is 1. The molecule has 6 nitrogen and oxygen atoms in total. The lowest BCUT2D eigenvalue weighted by Crippen LogP contribution is -2.39. The summed E-state index contributed by atoms with van der Waals surface area (Å²) in [5.74, 6) is 0.808. The maximum absolute atomic E-state index is 5.76. The fourth-order valence-electron chi connectivity index (χ4n) is 1.98. The van der Waals surface area contributed by atoms with Crippen LogP contribution in [0.25, 0.3) is 0 Å². The molecule has 0 saturated heterocycles. The van der Waals surface area contributed by atoms with Crippen LogP contribution in [0.2, 0.25) is 5.15 Å². The minimum absolute atomic E-state index is 0.520. The Labute approximate surface area is 135 Å². The molecule has 2 heterocycles. The van der Waals surface area contributed by atoms with E-state index in [4.69, 9.17) is 11.6 Å². The summed E-state index contributed by atoms with van der Waals surface area (Å²) in [4.78, 5) is 8.27. The average Bonchev–Trinajstić information content (AvgIpc) is 3.05. The Kier molecular flexibility index (Phi) is 6.70. The highest BCUT2D eigenvalue weighted by molar-refractivity contribution is 6.29. The second-order valence-electron chi connectivity index (χ2n) is 4.79. The molecule has 2 N–H and O–H groups in total. The topological polar surface area (TPSA) is 67.1 Å². The zero-order chi connectivity index (χ0) is 15.6. The molecule has 22 heavy (non-hydrogen) atoms. The molecule has 0 atom stereocenters. The number of aliphatic imine (C=N–C) groups is 1. The Morgan fingerprint density at radius 1 is 1.32 bits per heavy atom. The molecule has 0 aliphatic carbocycles. The quantitative estimate of drug-likeness (QED) is 0.353. The summed E-state index contributed by atoms with van der Waals surface area (Å²) in [7, 11) is 1.77. The van der Waals surface area contributed by atoms with E-state index in [1.54, 1.807) is 25.5 Å². The van der Waals surface area contributed by atoms with Crippen LogP contribution in [0.4, 0.5) is 0 Å². The van der Waals surface area contributed by atoms with Gasteiger partial charge in [-0.05, 0) is 30.5 Å². The van der Waals surface area contributed by atoms with Crippen LogP contribution in [-0.4, -0.2) is 40.9 Å². The van der Waals surface area contributed by atoms with E-state index < -0.39 is 0 Å². The normalized spacial score (nSPS) is 11.5. The van der Waals surface area contributed by atoms with E-state index in [-0.39, 0.29) is 0 Å². The SMILES string of the molecule is CN=C(NCCCn1cccn1)NCCc1ccc(Cl)nc1. The fraction of sp³-hybridized carbons (Fsp3) is 0.400. The van der Waals surface area contributed by atoms with Crippen molar-refractivity contribution < 1.29 is 0 Å². The first-order chi connectivity index (χ1) is 10.8. The molecule has 0 bridgehead atoms. The minimum Gasteiger partial charge on any atom is -0.356 e. The van der Waals surface area contributed by atoms with E-state index >= 15 is 0 Å². The molecule has 118 valence electrons. The van der Waals surface area contributed by atoms with Crippen LogP contribution in [0.3, 0.4) is 0 Å². The molecular weight excluding hydrogens is 300 g/mol. The van der Waals surface area contributed by atoms with Gasteiger partial charge in [-0.25, -0.2) is 4.98 Å². The Hall–Kier alpha value is -2.08. The molecule has 2 aromatic rings. The molecule has 0 unspecified atom stereocenters. The lowest BCUT2D eigenvalue weighted by atomic mass is 10.2. The highest BCUT2D eigenvalue weighted by Crippen LogP contribution is 2.05. The van der Waals surface area contributed by atoms with Gasteiger partial charge in [0.15, 0.2) is 5.96 Å². The molecule has 0 fully saturated rings. The maximum Gasteiger partial charge on any atom is 0.190 e. The summed E-state index contributed by atoms with van der Waals surface area (Å²) in [6.07, 6.45) is 7.42. The zero-order valence-electron chi connectivity index (χ0n) is 12.7. The van der Waals surface area contributed by atoms with E-state index in [1.165, 1.54) is 0 Å². The number of rotatable bonds is 7. The van der Waals surface area contributed by atoms with Gasteiger partial charge in [0.05, 0.1) is 0 Å². The van der Waals surface area contributed by atoms with Gasteiger partial charge in [0.25, 0.3) is 0 Å². The summed E-state index contributed by atoms with van der Waals surface area (Å²) >= 11 is 5.76. The van der Waals surface area contributed by atoms with Gasteiger partial charge in [0, 0.05) is 45.3 Å². The smallest absolute Gasteiger partial charge is 0.190 e. The van der Waals surface area contributed by atoms with Crippen molar-refractivity contribution in [1.82, 2.24) is 25.4 Å². The first-order valence-electron chi connectivity index (χ1n) is 7.30. The molecule has 0 aliphatic rings. The van der Waals surface area contributed by atoms with Crippen LogP contribution >= 0.6 is 11.6 Å². The largest absolute Gasteiger partial charge is 0.356 e. The van der Waals surface area contributed by atoms with Crippen molar-refractivity contribution in [2.45, 2.75) is 19.4 Å². The highest BCUT2D eigenvalue weighted by atomic mass is 35.5. The van der Waals surface area contributed by atoms with Gasteiger partial charge in [-0.1, -0.05) is 17.7 Å². The molecular formula is C15H21ClN6. The summed E-state index contributed by atoms with van der Waals surface area (Å²) in [5, 5.41) is 11.3. The number of hydrogen-bond acceptors (Lipinski definition) is 3. The van der Waals surface area contributed by atoms with Crippen LogP contribution in [0.1, 0.15) is 12.0 Å². The van der Waals surface area contributed by atoms with E-state index in [1.807, 2.05) is 23.0 Å². The summed E-state index contributed by atoms with van der Waals surface area (Å²) in [5.41, 5.74) is 1.14.